The Morgan fingerprint density at radius 2 is 1.95 bits per heavy atom. The van der Waals surface area contributed by atoms with Crippen LogP contribution in [0.3, 0.4) is 0 Å². The summed E-state index contributed by atoms with van der Waals surface area (Å²) in [6, 6.07) is 13.8. The molecule has 0 aliphatic carbocycles. The Bertz CT molecular complexity index is 612. The summed E-state index contributed by atoms with van der Waals surface area (Å²) in [5.41, 5.74) is 1.38. The number of carbonyl (C=O) groups excluding carboxylic acids is 1. The summed E-state index contributed by atoms with van der Waals surface area (Å²) in [6.45, 7) is 2.56. The van der Waals surface area contributed by atoms with Crippen LogP contribution in [0.25, 0.3) is 6.08 Å². The van der Waals surface area contributed by atoms with Gasteiger partial charge in [-0.15, -0.1) is 0 Å². The molecule has 2 rings (SSSR count). The zero-order chi connectivity index (χ0) is 14.4. The summed E-state index contributed by atoms with van der Waals surface area (Å²) in [7, 11) is 0. The lowest BCUT2D eigenvalue weighted by molar-refractivity contribution is 0.104. The molecule has 102 valence electrons. The van der Waals surface area contributed by atoms with Gasteiger partial charge >= 0.3 is 0 Å². The summed E-state index contributed by atoms with van der Waals surface area (Å²) in [5, 5.41) is 9.34. The minimum atomic E-state index is -0.144. The number of phenols is 1. The fraction of sp³-hybridized carbons (Fsp3) is 0.118. The number of phenolic OH excluding ortho intramolecular Hbond substituents is 1. The number of rotatable bonds is 5. The molecule has 2 aromatic rings. The van der Waals surface area contributed by atoms with Gasteiger partial charge in [-0.2, -0.15) is 0 Å². The molecule has 0 aliphatic heterocycles. The first kappa shape index (κ1) is 13.9. The Balaban J connectivity index is 2.07. The third kappa shape index (κ3) is 3.72. The number of hydrogen-bond acceptors (Lipinski definition) is 3. The van der Waals surface area contributed by atoms with Crippen LogP contribution in [-0.4, -0.2) is 17.5 Å². The van der Waals surface area contributed by atoms with Crippen LogP contribution in [0.15, 0.2) is 54.6 Å². The van der Waals surface area contributed by atoms with E-state index < -0.39 is 0 Å². The van der Waals surface area contributed by atoms with Gasteiger partial charge in [0.2, 0.25) is 0 Å². The Hall–Kier alpha value is -2.55. The molecule has 1 N–H and O–H groups in total. The molecule has 0 saturated heterocycles. The van der Waals surface area contributed by atoms with E-state index in [0.29, 0.717) is 12.2 Å². The van der Waals surface area contributed by atoms with Crippen molar-refractivity contribution in [1.82, 2.24) is 0 Å². The molecule has 0 aromatic heterocycles. The van der Waals surface area contributed by atoms with E-state index in [9.17, 15) is 9.90 Å². The molecule has 0 bridgehead atoms. The highest BCUT2D eigenvalue weighted by Gasteiger charge is 2.02. The maximum absolute atomic E-state index is 11.9. The van der Waals surface area contributed by atoms with Crippen LogP contribution in [0.1, 0.15) is 22.8 Å². The quantitative estimate of drug-likeness (QED) is 0.664. The summed E-state index contributed by atoms with van der Waals surface area (Å²) >= 11 is 0. The van der Waals surface area contributed by atoms with E-state index in [0.717, 1.165) is 11.3 Å². The molecule has 3 heteroatoms. The molecule has 3 nitrogen and oxygen atoms in total. The van der Waals surface area contributed by atoms with Gasteiger partial charge in [-0.05, 0) is 42.8 Å². The normalized spacial score (nSPS) is 10.7. The molecule has 0 atom stereocenters. The molecule has 0 aliphatic rings. The summed E-state index contributed by atoms with van der Waals surface area (Å²) in [5.74, 6) is 0.754. The second kappa shape index (κ2) is 6.57. The van der Waals surface area contributed by atoms with E-state index >= 15 is 0 Å². The topological polar surface area (TPSA) is 46.5 Å². The predicted molar refractivity (Wildman–Crippen MR) is 79.1 cm³/mol. The van der Waals surface area contributed by atoms with Crippen LogP contribution in [0.5, 0.6) is 11.5 Å². The minimum absolute atomic E-state index is 0.0883. The van der Waals surface area contributed by atoms with Gasteiger partial charge < -0.3 is 9.84 Å². The van der Waals surface area contributed by atoms with Crippen molar-refractivity contribution in [3.05, 3.63) is 65.7 Å². The first-order valence-corrected chi connectivity index (χ1v) is 6.43. The van der Waals surface area contributed by atoms with Gasteiger partial charge in [0.25, 0.3) is 0 Å². The van der Waals surface area contributed by atoms with Crippen molar-refractivity contribution in [3.8, 4) is 11.5 Å². The van der Waals surface area contributed by atoms with Crippen molar-refractivity contribution in [2.75, 3.05) is 6.61 Å². The molecule has 0 unspecified atom stereocenters. The Morgan fingerprint density at radius 1 is 1.20 bits per heavy atom. The fourth-order valence-electron chi connectivity index (χ4n) is 1.77. The first-order chi connectivity index (χ1) is 9.69. The number of benzene rings is 2. The van der Waals surface area contributed by atoms with Crippen LogP contribution in [0.2, 0.25) is 0 Å². The smallest absolute Gasteiger partial charge is 0.185 e. The predicted octanol–water partition coefficient (Wildman–Crippen LogP) is 3.69. The van der Waals surface area contributed by atoms with Crippen molar-refractivity contribution in [2.24, 2.45) is 0 Å². The third-order valence-corrected chi connectivity index (χ3v) is 2.75. The second-order valence-electron chi connectivity index (χ2n) is 4.25. The highest BCUT2D eigenvalue weighted by molar-refractivity contribution is 6.07. The standard InChI is InChI=1S/C17H16O3/c1-2-20-16-9-6-13(7-10-16)8-11-17(19)14-4-3-5-15(18)12-14/h3-12,18H,2H2,1H3/b11-8+. The average molecular weight is 268 g/mol. The third-order valence-electron chi connectivity index (χ3n) is 2.75. The van der Waals surface area contributed by atoms with Crippen molar-refractivity contribution < 1.29 is 14.6 Å². The van der Waals surface area contributed by atoms with E-state index in [2.05, 4.69) is 0 Å². The number of aromatic hydroxyl groups is 1. The Labute approximate surface area is 118 Å². The average Bonchev–Trinajstić information content (AvgIpc) is 2.46. The monoisotopic (exact) mass is 268 g/mol. The maximum Gasteiger partial charge on any atom is 0.185 e. The number of ether oxygens (including phenoxy) is 1. The van der Waals surface area contributed by atoms with E-state index in [1.54, 1.807) is 18.2 Å². The Morgan fingerprint density at radius 3 is 2.60 bits per heavy atom. The van der Waals surface area contributed by atoms with Crippen LogP contribution < -0.4 is 4.74 Å². The number of ketones is 1. The Kier molecular flexibility index (Phi) is 4.56. The van der Waals surface area contributed by atoms with Crippen LogP contribution >= 0.6 is 0 Å². The lowest BCUT2D eigenvalue weighted by Gasteiger charge is -2.02. The van der Waals surface area contributed by atoms with Gasteiger partial charge in [0.1, 0.15) is 11.5 Å². The van der Waals surface area contributed by atoms with Crippen molar-refractivity contribution in [2.45, 2.75) is 6.92 Å². The maximum atomic E-state index is 11.9. The lowest BCUT2D eigenvalue weighted by Crippen LogP contribution is -1.93. The molecular formula is C17H16O3. The molecule has 0 fully saturated rings. The van der Waals surface area contributed by atoms with E-state index in [4.69, 9.17) is 4.74 Å². The summed E-state index contributed by atoms with van der Waals surface area (Å²) in [4.78, 5) is 11.9. The van der Waals surface area contributed by atoms with Crippen molar-refractivity contribution >= 4 is 11.9 Å². The largest absolute Gasteiger partial charge is 0.508 e. The van der Waals surface area contributed by atoms with Gasteiger partial charge in [0.05, 0.1) is 6.61 Å². The van der Waals surface area contributed by atoms with Gasteiger partial charge in [-0.3, -0.25) is 4.79 Å². The highest BCUT2D eigenvalue weighted by atomic mass is 16.5. The fourth-order valence-corrected chi connectivity index (χ4v) is 1.77. The molecule has 20 heavy (non-hydrogen) atoms. The van der Waals surface area contributed by atoms with Gasteiger partial charge in [0.15, 0.2) is 5.78 Å². The number of allylic oxidation sites excluding steroid dienone is 1. The van der Waals surface area contributed by atoms with Crippen LogP contribution in [0, 0.1) is 0 Å². The van der Waals surface area contributed by atoms with Gasteiger partial charge in [0, 0.05) is 5.56 Å². The molecule has 0 radical (unpaired) electrons. The zero-order valence-corrected chi connectivity index (χ0v) is 11.2. The van der Waals surface area contributed by atoms with Crippen LogP contribution in [-0.2, 0) is 0 Å². The highest BCUT2D eigenvalue weighted by Crippen LogP contribution is 2.15. The summed E-state index contributed by atoms with van der Waals surface area (Å²) < 4.78 is 5.35. The first-order valence-electron chi connectivity index (χ1n) is 6.43. The second-order valence-corrected chi connectivity index (χ2v) is 4.25. The zero-order valence-electron chi connectivity index (χ0n) is 11.2. The SMILES string of the molecule is CCOc1ccc(/C=C/C(=O)c2cccc(O)c2)cc1. The molecule has 0 amide bonds. The van der Waals surface area contributed by atoms with Crippen molar-refractivity contribution in [1.29, 1.82) is 0 Å². The van der Waals surface area contributed by atoms with Gasteiger partial charge in [-0.1, -0.05) is 30.3 Å². The molecule has 0 heterocycles. The molecule has 0 saturated carbocycles. The van der Waals surface area contributed by atoms with Crippen molar-refractivity contribution in [3.63, 3.8) is 0 Å². The van der Waals surface area contributed by atoms with Gasteiger partial charge in [-0.25, -0.2) is 0 Å². The van der Waals surface area contributed by atoms with E-state index in [-0.39, 0.29) is 11.5 Å². The van der Waals surface area contributed by atoms with Crippen LogP contribution in [0.4, 0.5) is 0 Å². The van der Waals surface area contributed by atoms with E-state index in [1.165, 1.54) is 18.2 Å². The minimum Gasteiger partial charge on any atom is -0.508 e. The molecule has 0 spiro atoms. The molecular weight excluding hydrogens is 252 g/mol. The number of carbonyl (C=O) groups is 1. The molecule has 2 aromatic carbocycles. The lowest BCUT2D eigenvalue weighted by atomic mass is 10.1. The summed E-state index contributed by atoms with van der Waals surface area (Å²) in [6.07, 6.45) is 3.23. The number of hydrogen-bond donors (Lipinski definition) is 1. The van der Waals surface area contributed by atoms with E-state index in [1.807, 2.05) is 31.2 Å².